The summed E-state index contributed by atoms with van der Waals surface area (Å²) in [5.74, 6) is -0.343. The van der Waals surface area contributed by atoms with Crippen LogP contribution in [0, 0.1) is 0 Å². The van der Waals surface area contributed by atoms with Gasteiger partial charge in [-0.3, -0.25) is 4.79 Å². The fourth-order valence-electron chi connectivity index (χ4n) is 3.01. The number of para-hydroxylation sites is 1. The van der Waals surface area contributed by atoms with Gasteiger partial charge in [0.05, 0.1) is 16.7 Å². The normalized spacial score (nSPS) is 15.5. The van der Waals surface area contributed by atoms with Gasteiger partial charge in [0.2, 0.25) is 0 Å². The number of anilines is 1. The molecule has 0 saturated carbocycles. The van der Waals surface area contributed by atoms with Gasteiger partial charge >= 0.3 is 0 Å². The summed E-state index contributed by atoms with van der Waals surface area (Å²) in [4.78, 5) is 14.6. The number of fused-ring (bicyclic) bond motifs is 1. The monoisotopic (exact) mass is 315 g/mol. The second-order valence-electron chi connectivity index (χ2n) is 5.57. The Morgan fingerprint density at radius 2 is 1.42 bits per heavy atom. The summed E-state index contributed by atoms with van der Waals surface area (Å²) >= 11 is 0. The smallest absolute Gasteiger partial charge is 0.259 e. The van der Waals surface area contributed by atoms with Gasteiger partial charge in [-0.15, -0.1) is 0 Å². The highest BCUT2D eigenvalue weighted by Crippen LogP contribution is 2.42. The number of carbonyl (C=O) groups excluding carboxylic acids is 1. The number of rotatable bonds is 2. The first-order valence-corrected chi connectivity index (χ1v) is 7.67. The van der Waals surface area contributed by atoms with Crippen molar-refractivity contribution in [1.82, 2.24) is 0 Å². The molecule has 3 aromatic rings. The van der Waals surface area contributed by atoms with Crippen molar-refractivity contribution >= 4 is 22.7 Å². The third-order valence-electron chi connectivity index (χ3n) is 4.15. The zero-order chi connectivity index (χ0) is 20.0. The minimum Gasteiger partial charge on any atom is -0.311 e. The maximum atomic E-state index is 13.3. The van der Waals surface area contributed by atoms with Crippen LogP contribution in [0.25, 0.3) is 11.1 Å². The van der Waals surface area contributed by atoms with Crippen LogP contribution in [0.1, 0.15) is 22.2 Å². The number of carbonyl (C=O) groups is 1. The molecule has 0 bridgehead atoms. The third-order valence-corrected chi connectivity index (χ3v) is 4.15. The van der Waals surface area contributed by atoms with Crippen LogP contribution in [0.5, 0.6) is 0 Å². The molecule has 1 heterocycles. The molecule has 2 nitrogen and oxygen atoms in total. The van der Waals surface area contributed by atoms with Crippen molar-refractivity contribution in [2.24, 2.45) is 0 Å². The average Bonchev–Trinajstić information content (AvgIpc) is 2.98. The summed E-state index contributed by atoms with van der Waals surface area (Å²) in [6, 6.07) is 17.8. The molecule has 4 rings (SSSR count). The van der Waals surface area contributed by atoms with Crippen LogP contribution in [0.15, 0.2) is 84.8 Å². The molecule has 3 aromatic carbocycles. The fourth-order valence-corrected chi connectivity index (χ4v) is 3.01. The molecule has 2 heteroatoms. The third kappa shape index (κ3) is 2.24. The van der Waals surface area contributed by atoms with Gasteiger partial charge in [-0.05, 0) is 17.2 Å². The van der Waals surface area contributed by atoms with E-state index in [0.717, 1.165) is 11.1 Å². The minimum absolute atomic E-state index is 0.201. The van der Waals surface area contributed by atoms with Crippen molar-refractivity contribution < 1.29 is 10.3 Å². The van der Waals surface area contributed by atoms with E-state index in [9.17, 15) is 4.79 Å². The number of hydrogen-bond donors (Lipinski definition) is 0. The molecule has 1 amide bonds. The summed E-state index contributed by atoms with van der Waals surface area (Å²) in [6.45, 7) is 0. The molecule has 0 aromatic heterocycles. The summed E-state index contributed by atoms with van der Waals surface area (Å²) in [7, 11) is 1.54. The molecule has 0 unspecified atom stereocenters. The van der Waals surface area contributed by atoms with Crippen LogP contribution >= 0.6 is 0 Å². The molecule has 1 aliphatic rings. The summed E-state index contributed by atoms with van der Waals surface area (Å²) in [5.41, 5.74) is 3.04. The Bertz CT molecular complexity index is 1080. The largest absolute Gasteiger partial charge is 0.311 e. The van der Waals surface area contributed by atoms with Crippen LogP contribution < -0.4 is 4.90 Å². The van der Waals surface area contributed by atoms with Crippen molar-refractivity contribution in [2.75, 3.05) is 11.9 Å². The van der Waals surface area contributed by atoms with Crippen LogP contribution in [0.3, 0.4) is 0 Å². The zero-order valence-electron chi connectivity index (χ0n) is 17.1. The van der Waals surface area contributed by atoms with Gasteiger partial charge in [0.1, 0.15) is 0 Å². The van der Waals surface area contributed by atoms with E-state index in [-0.39, 0.29) is 41.3 Å². The highest BCUT2D eigenvalue weighted by molar-refractivity contribution is 6.38. The second-order valence-corrected chi connectivity index (χ2v) is 5.57. The van der Waals surface area contributed by atoms with Crippen molar-refractivity contribution in [3.63, 3.8) is 0 Å². The molecule has 24 heavy (non-hydrogen) atoms. The van der Waals surface area contributed by atoms with Gasteiger partial charge < -0.3 is 4.90 Å². The van der Waals surface area contributed by atoms with Gasteiger partial charge in [0.25, 0.3) is 5.91 Å². The van der Waals surface area contributed by atoms with Crippen molar-refractivity contribution in [3.8, 4) is 0 Å². The number of nitrogens with zero attached hydrogens (tertiary/aromatic N) is 1. The van der Waals surface area contributed by atoms with Gasteiger partial charge in [-0.1, -0.05) is 78.8 Å². The Kier molecular flexibility index (Phi) is 2.57. The molecule has 116 valence electrons. The lowest BCUT2D eigenvalue weighted by Crippen LogP contribution is -2.20. The van der Waals surface area contributed by atoms with Crippen molar-refractivity contribution in [1.29, 1.82) is 0 Å². The maximum absolute atomic E-state index is 13.3. The lowest BCUT2D eigenvalue weighted by molar-refractivity contribution is -0.112. The first-order chi connectivity index (χ1) is 13.4. The Morgan fingerprint density at radius 1 is 0.875 bits per heavy atom. The van der Waals surface area contributed by atoms with E-state index >= 15 is 0 Å². The Balaban J connectivity index is 2.17. The van der Waals surface area contributed by atoms with Gasteiger partial charge in [-0.25, -0.2) is 0 Å². The van der Waals surface area contributed by atoms with Gasteiger partial charge in [-0.2, -0.15) is 0 Å². The molecule has 0 N–H and O–H groups in total. The topological polar surface area (TPSA) is 20.3 Å². The molecule has 0 aliphatic carbocycles. The van der Waals surface area contributed by atoms with Gasteiger partial charge in [0, 0.05) is 18.2 Å². The number of amides is 1. The van der Waals surface area contributed by atoms with E-state index < -0.39 is 0 Å². The summed E-state index contributed by atoms with van der Waals surface area (Å²) in [6.07, 6.45) is 0. The molecule has 0 atom stereocenters. The van der Waals surface area contributed by atoms with Crippen LogP contribution in [-0.2, 0) is 4.79 Å². The molecule has 0 spiro atoms. The number of benzene rings is 3. The molecule has 0 fully saturated rings. The van der Waals surface area contributed by atoms with E-state index in [1.165, 1.54) is 4.90 Å². The molecular weight excluding hydrogens is 294 g/mol. The van der Waals surface area contributed by atoms with E-state index in [4.69, 9.17) is 5.48 Å². The highest BCUT2D eigenvalue weighted by atomic mass is 16.2. The average molecular weight is 315 g/mol. The first-order valence-electron chi connectivity index (χ1n) is 9.67. The van der Waals surface area contributed by atoms with Crippen molar-refractivity contribution in [2.45, 2.75) is 0 Å². The van der Waals surface area contributed by atoms with Crippen molar-refractivity contribution in [3.05, 3.63) is 102 Å². The van der Waals surface area contributed by atoms with Crippen LogP contribution in [-0.4, -0.2) is 13.0 Å². The minimum atomic E-state index is -0.343. The second kappa shape index (κ2) is 5.82. The highest BCUT2D eigenvalue weighted by Gasteiger charge is 2.32. The first kappa shape index (κ1) is 10.6. The lowest BCUT2D eigenvalue weighted by Gasteiger charge is -2.13. The quantitative estimate of drug-likeness (QED) is 0.632. The lowest BCUT2D eigenvalue weighted by atomic mass is 9.90. The van der Waals surface area contributed by atoms with E-state index in [2.05, 4.69) is 0 Å². The Hall–Kier alpha value is -3.13. The Morgan fingerprint density at radius 3 is 2.00 bits per heavy atom. The summed E-state index contributed by atoms with van der Waals surface area (Å²) < 4.78 is 32.7. The van der Waals surface area contributed by atoms with E-state index in [1.807, 2.05) is 60.7 Å². The summed E-state index contributed by atoms with van der Waals surface area (Å²) in [5, 5.41) is 0. The van der Waals surface area contributed by atoms with Gasteiger partial charge in [0.15, 0.2) is 0 Å². The molecule has 0 radical (unpaired) electrons. The molecule has 1 aliphatic heterocycles. The SMILES string of the molecule is [2H]c1c([2H])c([2H])c2c(c1[2H])C(=C(c1ccccc1)c1ccccc1)C(=O)N2C. The fraction of sp³-hybridized carbons (Fsp3) is 0.0455. The maximum Gasteiger partial charge on any atom is 0.259 e. The zero-order valence-corrected chi connectivity index (χ0v) is 13.1. The predicted octanol–water partition coefficient (Wildman–Crippen LogP) is 4.62. The molecule has 0 saturated heterocycles. The number of likely N-dealkylation sites (N-methyl/N-ethyl adjacent to an activating group) is 1. The van der Waals surface area contributed by atoms with Crippen LogP contribution in [0.2, 0.25) is 0 Å². The molecular formula is C22H17NO. The predicted molar refractivity (Wildman–Crippen MR) is 98.7 cm³/mol. The van der Waals surface area contributed by atoms with E-state index in [0.29, 0.717) is 11.1 Å². The van der Waals surface area contributed by atoms with Crippen LogP contribution in [0.4, 0.5) is 5.69 Å². The Labute approximate surface area is 147 Å². The standard InChI is InChI=1S/C22H17NO/c1-23-19-15-9-8-14-18(19)21(22(23)24)20(16-10-4-2-5-11-16)17-12-6-3-7-13-17/h2-15H,1H3/i8D,9D,14D,15D. The number of hydrogen-bond acceptors (Lipinski definition) is 1. The van der Waals surface area contributed by atoms with E-state index in [1.54, 1.807) is 7.05 Å².